The van der Waals surface area contributed by atoms with Gasteiger partial charge in [0.15, 0.2) is 6.61 Å². The number of nitrogens with one attached hydrogen (secondary N) is 1. The van der Waals surface area contributed by atoms with Crippen LogP contribution in [0.5, 0.6) is 5.75 Å². The summed E-state index contributed by atoms with van der Waals surface area (Å²) in [6.07, 6.45) is 0.201. The number of carbonyl (C=O) groups excluding carboxylic acids is 2. The van der Waals surface area contributed by atoms with Crippen LogP contribution in [0.25, 0.3) is 0 Å². The van der Waals surface area contributed by atoms with Crippen molar-refractivity contribution in [1.82, 2.24) is 5.32 Å². The number of ether oxygens (including phenoxy) is 1. The summed E-state index contributed by atoms with van der Waals surface area (Å²) in [5.74, 6) is -1.22. The number of amides is 1. The Morgan fingerprint density at radius 2 is 2.22 bits per heavy atom. The van der Waals surface area contributed by atoms with E-state index in [9.17, 15) is 9.59 Å². The number of nitriles is 1. The van der Waals surface area contributed by atoms with Gasteiger partial charge in [0, 0.05) is 6.54 Å². The Bertz CT molecular complexity index is 479. The molecule has 0 unspecified atom stereocenters. The number of rotatable bonds is 5. The van der Waals surface area contributed by atoms with Crippen molar-refractivity contribution in [3.8, 4) is 11.8 Å². The Balaban J connectivity index is 2.38. The van der Waals surface area contributed by atoms with Crippen molar-refractivity contribution in [2.75, 3.05) is 13.2 Å². The molecule has 0 heterocycles. The van der Waals surface area contributed by atoms with E-state index in [-0.39, 0.29) is 24.3 Å². The number of hydrogen-bond donors (Lipinski definition) is 2. The molecular weight excluding hydrogens is 236 g/mol. The highest BCUT2D eigenvalue weighted by Crippen LogP contribution is 2.11. The van der Waals surface area contributed by atoms with E-state index in [0.717, 1.165) is 0 Å². The van der Waals surface area contributed by atoms with E-state index >= 15 is 0 Å². The highest BCUT2D eigenvalue weighted by atomic mass is 16.5. The second-order valence-electron chi connectivity index (χ2n) is 3.38. The zero-order valence-corrected chi connectivity index (χ0v) is 9.55. The predicted molar refractivity (Wildman–Crippen MR) is 61.6 cm³/mol. The van der Waals surface area contributed by atoms with Crippen LogP contribution in [-0.4, -0.2) is 30.1 Å². The smallest absolute Gasteiger partial charge is 0.338 e. The van der Waals surface area contributed by atoms with E-state index in [2.05, 4.69) is 5.32 Å². The van der Waals surface area contributed by atoms with Crippen LogP contribution in [-0.2, 0) is 9.53 Å². The van der Waals surface area contributed by atoms with Crippen LogP contribution < -0.4 is 5.32 Å². The third-order valence-electron chi connectivity index (χ3n) is 1.98. The molecule has 0 aromatic heterocycles. The number of benzene rings is 1. The van der Waals surface area contributed by atoms with Gasteiger partial charge in [-0.3, -0.25) is 4.79 Å². The number of hydrogen-bond acceptors (Lipinski definition) is 5. The maximum absolute atomic E-state index is 11.5. The highest BCUT2D eigenvalue weighted by Gasteiger charge is 2.10. The average molecular weight is 248 g/mol. The van der Waals surface area contributed by atoms with Gasteiger partial charge in [0.25, 0.3) is 5.91 Å². The van der Waals surface area contributed by atoms with Crippen molar-refractivity contribution >= 4 is 11.9 Å². The molecule has 18 heavy (non-hydrogen) atoms. The zero-order valence-electron chi connectivity index (χ0n) is 9.55. The number of phenolic OH excluding ortho intramolecular Hbond substituents is 1. The number of aromatic hydroxyl groups is 1. The molecule has 94 valence electrons. The lowest BCUT2D eigenvalue weighted by Crippen LogP contribution is -2.29. The zero-order chi connectivity index (χ0) is 13.4. The van der Waals surface area contributed by atoms with Crippen molar-refractivity contribution in [1.29, 1.82) is 5.26 Å². The Hall–Kier alpha value is -2.55. The molecule has 1 amide bonds. The van der Waals surface area contributed by atoms with Crippen LogP contribution in [0.4, 0.5) is 0 Å². The largest absolute Gasteiger partial charge is 0.508 e. The summed E-state index contributed by atoms with van der Waals surface area (Å²) in [7, 11) is 0. The predicted octanol–water partition coefficient (Wildman–Crippen LogP) is 0.579. The lowest BCUT2D eigenvalue weighted by atomic mass is 10.2. The van der Waals surface area contributed by atoms with E-state index < -0.39 is 18.5 Å². The van der Waals surface area contributed by atoms with Gasteiger partial charge in [-0.05, 0) is 18.2 Å². The van der Waals surface area contributed by atoms with Gasteiger partial charge in [-0.25, -0.2) is 4.79 Å². The average Bonchev–Trinajstić information content (AvgIpc) is 2.36. The molecule has 0 saturated carbocycles. The molecule has 0 aliphatic carbocycles. The molecule has 0 saturated heterocycles. The van der Waals surface area contributed by atoms with Crippen molar-refractivity contribution in [3.63, 3.8) is 0 Å². The molecule has 0 spiro atoms. The lowest BCUT2D eigenvalue weighted by molar-refractivity contribution is -0.124. The van der Waals surface area contributed by atoms with E-state index in [4.69, 9.17) is 15.1 Å². The molecule has 0 atom stereocenters. The van der Waals surface area contributed by atoms with Crippen molar-refractivity contribution in [2.24, 2.45) is 0 Å². The first-order valence-corrected chi connectivity index (χ1v) is 5.23. The third kappa shape index (κ3) is 4.53. The molecule has 1 rings (SSSR count). The van der Waals surface area contributed by atoms with Crippen LogP contribution in [0.3, 0.4) is 0 Å². The summed E-state index contributed by atoms with van der Waals surface area (Å²) in [6.45, 7) is -0.196. The fourth-order valence-electron chi connectivity index (χ4n) is 1.16. The van der Waals surface area contributed by atoms with Gasteiger partial charge >= 0.3 is 5.97 Å². The number of phenols is 1. The Morgan fingerprint density at radius 1 is 1.44 bits per heavy atom. The first-order chi connectivity index (χ1) is 8.63. The Kier molecular flexibility index (Phi) is 5.19. The van der Waals surface area contributed by atoms with E-state index in [1.165, 1.54) is 24.3 Å². The van der Waals surface area contributed by atoms with Gasteiger partial charge < -0.3 is 15.2 Å². The first kappa shape index (κ1) is 13.5. The minimum absolute atomic E-state index is 0.0529. The van der Waals surface area contributed by atoms with Gasteiger partial charge in [-0.15, -0.1) is 0 Å². The molecule has 6 nitrogen and oxygen atoms in total. The van der Waals surface area contributed by atoms with Crippen LogP contribution in [0, 0.1) is 11.3 Å². The van der Waals surface area contributed by atoms with E-state index in [1.807, 2.05) is 6.07 Å². The summed E-state index contributed by atoms with van der Waals surface area (Å²) in [6, 6.07) is 7.50. The standard InChI is InChI=1S/C12H12N2O4/c13-5-2-6-14-11(16)8-18-12(17)9-3-1-4-10(15)7-9/h1,3-4,7,15H,2,6,8H2,(H,14,16). The second-order valence-corrected chi connectivity index (χ2v) is 3.38. The SMILES string of the molecule is N#CCCNC(=O)COC(=O)c1cccc(O)c1. The van der Waals surface area contributed by atoms with Gasteiger partial charge in [0.1, 0.15) is 5.75 Å². The molecule has 0 aliphatic rings. The molecule has 0 radical (unpaired) electrons. The molecule has 1 aromatic rings. The third-order valence-corrected chi connectivity index (χ3v) is 1.98. The topological polar surface area (TPSA) is 99.4 Å². The summed E-state index contributed by atoms with van der Waals surface area (Å²) in [5, 5.41) is 19.8. The summed E-state index contributed by atoms with van der Waals surface area (Å²) in [5.41, 5.74) is 0.167. The molecule has 0 bridgehead atoms. The summed E-state index contributed by atoms with van der Waals surface area (Å²) >= 11 is 0. The van der Waals surface area contributed by atoms with Crippen molar-refractivity contribution in [3.05, 3.63) is 29.8 Å². The lowest BCUT2D eigenvalue weighted by Gasteiger charge is -2.05. The monoisotopic (exact) mass is 248 g/mol. The van der Waals surface area contributed by atoms with E-state index in [1.54, 1.807) is 0 Å². The summed E-state index contributed by atoms with van der Waals surface area (Å²) < 4.78 is 4.73. The van der Waals surface area contributed by atoms with Gasteiger partial charge in [-0.1, -0.05) is 6.07 Å². The molecule has 0 aliphatic heterocycles. The fraction of sp³-hybridized carbons (Fsp3) is 0.250. The number of nitrogens with zero attached hydrogens (tertiary/aromatic N) is 1. The molecule has 6 heteroatoms. The second kappa shape index (κ2) is 6.91. The molecule has 2 N–H and O–H groups in total. The first-order valence-electron chi connectivity index (χ1n) is 5.23. The number of carbonyl (C=O) groups is 2. The normalized spacial score (nSPS) is 9.28. The maximum atomic E-state index is 11.5. The van der Waals surface area contributed by atoms with Crippen molar-refractivity contribution < 1.29 is 19.4 Å². The van der Waals surface area contributed by atoms with Crippen LogP contribution in [0.1, 0.15) is 16.8 Å². The quantitative estimate of drug-likeness (QED) is 0.586. The maximum Gasteiger partial charge on any atom is 0.338 e. The molecular formula is C12H12N2O4. The van der Waals surface area contributed by atoms with Gasteiger partial charge in [-0.2, -0.15) is 5.26 Å². The Morgan fingerprint density at radius 3 is 2.89 bits per heavy atom. The van der Waals surface area contributed by atoms with E-state index in [0.29, 0.717) is 0 Å². The molecule has 1 aromatic carbocycles. The number of esters is 1. The van der Waals surface area contributed by atoms with Crippen LogP contribution >= 0.6 is 0 Å². The highest BCUT2D eigenvalue weighted by molar-refractivity contribution is 5.91. The minimum atomic E-state index is -0.693. The van der Waals surface area contributed by atoms with Crippen LogP contribution in [0.2, 0.25) is 0 Å². The van der Waals surface area contributed by atoms with Gasteiger partial charge in [0.2, 0.25) is 0 Å². The Labute approximate surface area is 104 Å². The minimum Gasteiger partial charge on any atom is -0.508 e. The summed E-state index contributed by atoms with van der Waals surface area (Å²) in [4.78, 5) is 22.6. The van der Waals surface area contributed by atoms with Crippen LogP contribution in [0.15, 0.2) is 24.3 Å². The molecule has 0 fully saturated rings. The van der Waals surface area contributed by atoms with Gasteiger partial charge in [0.05, 0.1) is 18.1 Å². The fourth-order valence-corrected chi connectivity index (χ4v) is 1.16. The van der Waals surface area contributed by atoms with Crippen molar-refractivity contribution in [2.45, 2.75) is 6.42 Å².